The highest BCUT2D eigenvalue weighted by Gasteiger charge is 2.33. The molecule has 1 aromatic rings. The quantitative estimate of drug-likeness (QED) is 0.486. The molecule has 1 saturated heterocycles. The molecule has 104 valence electrons. The number of hydrogen-bond acceptors (Lipinski definition) is 5. The number of thioether (sulfide) groups is 1. The standard InChI is InChI=1S/C13H10FNO3S2/c1-18-11(16)7-15-12(17)10(20-13(15)19)6-8-3-2-4-9(14)5-8/h2-6H,7H2,1H3/b10-6-. The summed E-state index contributed by atoms with van der Waals surface area (Å²) < 4.78 is 17.9. The van der Waals surface area contributed by atoms with Crippen LogP contribution < -0.4 is 0 Å². The third-order valence-electron chi connectivity index (χ3n) is 2.53. The topological polar surface area (TPSA) is 46.6 Å². The van der Waals surface area contributed by atoms with E-state index < -0.39 is 5.97 Å². The van der Waals surface area contributed by atoms with Crippen molar-refractivity contribution in [3.05, 3.63) is 40.6 Å². The van der Waals surface area contributed by atoms with Crippen molar-refractivity contribution in [2.24, 2.45) is 0 Å². The molecule has 0 bridgehead atoms. The molecule has 0 aromatic heterocycles. The summed E-state index contributed by atoms with van der Waals surface area (Å²) in [6, 6.07) is 5.86. The molecule has 0 aliphatic carbocycles. The molecule has 0 saturated carbocycles. The number of amides is 1. The summed E-state index contributed by atoms with van der Waals surface area (Å²) >= 11 is 6.12. The maximum absolute atomic E-state index is 13.1. The predicted molar refractivity (Wildman–Crippen MR) is 78.3 cm³/mol. The predicted octanol–water partition coefficient (Wildman–Crippen LogP) is 2.20. The van der Waals surface area contributed by atoms with Gasteiger partial charge in [-0.1, -0.05) is 36.1 Å². The van der Waals surface area contributed by atoms with Crippen LogP contribution in [-0.4, -0.2) is 34.8 Å². The van der Waals surface area contributed by atoms with Crippen molar-refractivity contribution < 1.29 is 18.7 Å². The Morgan fingerprint density at radius 1 is 1.55 bits per heavy atom. The Balaban J connectivity index is 2.21. The molecule has 1 fully saturated rings. The summed E-state index contributed by atoms with van der Waals surface area (Å²) in [7, 11) is 1.24. The number of esters is 1. The van der Waals surface area contributed by atoms with E-state index in [1.165, 1.54) is 19.2 Å². The zero-order chi connectivity index (χ0) is 14.7. The normalized spacial score (nSPS) is 16.9. The van der Waals surface area contributed by atoms with Crippen molar-refractivity contribution in [2.75, 3.05) is 13.7 Å². The molecule has 7 heteroatoms. The minimum Gasteiger partial charge on any atom is -0.468 e. The number of carbonyl (C=O) groups is 2. The first-order valence-electron chi connectivity index (χ1n) is 5.59. The van der Waals surface area contributed by atoms with E-state index >= 15 is 0 Å². The van der Waals surface area contributed by atoms with Gasteiger partial charge in [0.25, 0.3) is 5.91 Å². The summed E-state index contributed by atoms with van der Waals surface area (Å²) in [5.74, 6) is -1.31. The Bertz CT molecular complexity index is 615. The average molecular weight is 311 g/mol. The maximum Gasteiger partial charge on any atom is 0.325 e. The summed E-state index contributed by atoms with van der Waals surface area (Å²) in [5, 5.41) is 0. The number of benzene rings is 1. The lowest BCUT2D eigenvalue weighted by Gasteiger charge is -2.11. The van der Waals surface area contributed by atoms with E-state index in [-0.39, 0.29) is 22.6 Å². The molecule has 1 aromatic carbocycles. The average Bonchev–Trinajstić information content (AvgIpc) is 2.66. The lowest BCUT2D eigenvalue weighted by molar-refractivity contribution is -0.143. The van der Waals surface area contributed by atoms with E-state index in [4.69, 9.17) is 12.2 Å². The molecule has 1 amide bonds. The van der Waals surface area contributed by atoms with Crippen LogP contribution in [0.2, 0.25) is 0 Å². The van der Waals surface area contributed by atoms with E-state index in [9.17, 15) is 14.0 Å². The van der Waals surface area contributed by atoms with Crippen LogP contribution >= 0.6 is 24.0 Å². The molecule has 0 atom stereocenters. The number of nitrogens with zero attached hydrogens (tertiary/aromatic N) is 1. The van der Waals surface area contributed by atoms with E-state index in [0.29, 0.717) is 10.5 Å². The van der Waals surface area contributed by atoms with Crippen molar-refractivity contribution in [1.29, 1.82) is 0 Å². The molecule has 4 nitrogen and oxygen atoms in total. The first-order chi connectivity index (χ1) is 9.51. The Morgan fingerprint density at radius 3 is 2.95 bits per heavy atom. The van der Waals surface area contributed by atoms with Gasteiger partial charge in [-0.25, -0.2) is 4.39 Å². The molecule has 20 heavy (non-hydrogen) atoms. The number of hydrogen-bond donors (Lipinski definition) is 0. The Labute approximate surface area is 124 Å². The lowest BCUT2D eigenvalue weighted by Crippen LogP contribution is -2.33. The summed E-state index contributed by atoms with van der Waals surface area (Å²) in [6.45, 7) is -0.221. The second-order valence-electron chi connectivity index (χ2n) is 3.90. The van der Waals surface area contributed by atoms with Crippen LogP contribution in [0.5, 0.6) is 0 Å². The zero-order valence-corrected chi connectivity index (χ0v) is 12.1. The molecule has 1 aliphatic heterocycles. The van der Waals surface area contributed by atoms with Crippen LogP contribution in [-0.2, 0) is 14.3 Å². The highest BCUT2D eigenvalue weighted by molar-refractivity contribution is 8.26. The van der Waals surface area contributed by atoms with Crippen molar-refractivity contribution in [3.63, 3.8) is 0 Å². The second kappa shape index (κ2) is 6.15. The van der Waals surface area contributed by atoms with Crippen molar-refractivity contribution in [3.8, 4) is 0 Å². The van der Waals surface area contributed by atoms with Crippen LogP contribution in [0.25, 0.3) is 6.08 Å². The van der Waals surface area contributed by atoms with Gasteiger partial charge in [-0.05, 0) is 23.8 Å². The number of rotatable bonds is 3. The second-order valence-corrected chi connectivity index (χ2v) is 5.57. The van der Waals surface area contributed by atoms with Crippen LogP contribution in [0, 0.1) is 5.82 Å². The van der Waals surface area contributed by atoms with Crippen molar-refractivity contribution >= 4 is 46.3 Å². The number of thiocarbonyl (C=S) groups is 1. The van der Waals surface area contributed by atoms with Crippen LogP contribution in [0.3, 0.4) is 0 Å². The SMILES string of the molecule is COC(=O)CN1C(=O)/C(=C/c2cccc(F)c2)SC1=S. The fourth-order valence-electron chi connectivity index (χ4n) is 1.58. The minimum absolute atomic E-state index is 0.221. The fraction of sp³-hybridized carbons (Fsp3) is 0.154. The third kappa shape index (κ3) is 3.23. The van der Waals surface area contributed by atoms with E-state index in [0.717, 1.165) is 16.7 Å². The highest BCUT2D eigenvalue weighted by Crippen LogP contribution is 2.32. The molecule has 2 rings (SSSR count). The van der Waals surface area contributed by atoms with Crippen LogP contribution in [0.4, 0.5) is 4.39 Å². The molecule has 0 radical (unpaired) electrons. The Hall–Kier alpha value is -1.73. The van der Waals surface area contributed by atoms with Gasteiger partial charge in [-0.15, -0.1) is 0 Å². The van der Waals surface area contributed by atoms with Gasteiger partial charge in [0.1, 0.15) is 16.7 Å². The molecule has 0 unspecified atom stereocenters. The van der Waals surface area contributed by atoms with Gasteiger partial charge in [0.2, 0.25) is 0 Å². The van der Waals surface area contributed by atoms with Gasteiger partial charge in [0, 0.05) is 0 Å². The molecule has 1 aliphatic rings. The number of carbonyl (C=O) groups excluding carboxylic acids is 2. The van der Waals surface area contributed by atoms with Gasteiger partial charge in [0.05, 0.1) is 12.0 Å². The van der Waals surface area contributed by atoms with Gasteiger partial charge in [-0.2, -0.15) is 0 Å². The summed E-state index contributed by atoms with van der Waals surface area (Å²) in [5.41, 5.74) is 0.559. The Morgan fingerprint density at radius 2 is 2.30 bits per heavy atom. The third-order valence-corrected chi connectivity index (χ3v) is 3.91. The van der Waals surface area contributed by atoms with Crippen LogP contribution in [0.1, 0.15) is 5.56 Å². The number of ether oxygens (including phenoxy) is 1. The van der Waals surface area contributed by atoms with E-state index in [1.54, 1.807) is 18.2 Å². The summed E-state index contributed by atoms with van der Waals surface area (Å²) in [6.07, 6.45) is 1.54. The van der Waals surface area contributed by atoms with Gasteiger partial charge in [0.15, 0.2) is 0 Å². The Kier molecular flexibility index (Phi) is 4.51. The van der Waals surface area contributed by atoms with Gasteiger partial charge >= 0.3 is 5.97 Å². The monoisotopic (exact) mass is 311 g/mol. The molecule has 0 N–H and O–H groups in total. The molecule has 1 heterocycles. The highest BCUT2D eigenvalue weighted by atomic mass is 32.2. The van der Waals surface area contributed by atoms with Crippen molar-refractivity contribution in [2.45, 2.75) is 0 Å². The van der Waals surface area contributed by atoms with E-state index in [2.05, 4.69) is 4.74 Å². The maximum atomic E-state index is 13.1. The van der Waals surface area contributed by atoms with Gasteiger partial charge < -0.3 is 4.74 Å². The van der Waals surface area contributed by atoms with Crippen molar-refractivity contribution in [1.82, 2.24) is 4.90 Å². The zero-order valence-electron chi connectivity index (χ0n) is 10.5. The first kappa shape index (κ1) is 14.7. The largest absolute Gasteiger partial charge is 0.468 e. The summed E-state index contributed by atoms with van der Waals surface area (Å²) in [4.78, 5) is 24.8. The van der Waals surface area contributed by atoms with E-state index in [1.807, 2.05) is 0 Å². The minimum atomic E-state index is -0.548. The van der Waals surface area contributed by atoms with Crippen LogP contribution in [0.15, 0.2) is 29.2 Å². The molecule has 0 spiro atoms. The number of halogens is 1. The fourth-order valence-corrected chi connectivity index (χ4v) is 2.83. The van der Waals surface area contributed by atoms with Gasteiger partial charge in [-0.3, -0.25) is 14.5 Å². The first-order valence-corrected chi connectivity index (χ1v) is 6.81. The molecular weight excluding hydrogens is 301 g/mol. The molecular formula is C13H10FNO3S2. The smallest absolute Gasteiger partial charge is 0.325 e. The lowest BCUT2D eigenvalue weighted by atomic mass is 10.2. The number of methoxy groups -OCH3 is 1.